The molecule has 2 aromatic carbocycles. The lowest BCUT2D eigenvalue weighted by Crippen LogP contribution is -2.34. The summed E-state index contributed by atoms with van der Waals surface area (Å²) in [6, 6.07) is 17.6. The number of ether oxygens (including phenoxy) is 1. The summed E-state index contributed by atoms with van der Waals surface area (Å²) in [6.07, 6.45) is 0.689. The number of amides is 1. The number of carbonyl (C=O) groups is 1. The molecular formula is C21H23N3O2. The summed E-state index contributed by atoms with van der Waals surface area (Å²) in [5.41, 5.74) is 4.19. The molecule has 1 aromatic heterocycles. The molecule has 0 fully saturated rings. The number of nitrogens with zero attached hydrogens (tertiary/aromatic N) is 1. The highest BCUT2D eigenvalue weighted by molar-refractivity contribution is 5.95. The van der Waals surface area contributed by atoms with Crippen LogP contribution in [0.1, 0.15) is 28.5 Å². The molecule has 1 amide bonds. The number of methoxy groups -OCH3 is 1. The lowest BCUT2D eigenvalue weighted by Gasteiger charge is -2.15. The number of benzene rings is 2. The molecular weight excluding hydrogens is 326 g/mol. The average Bonchev–Trinajstić information content (AvgIpc) is 3.04. The maximum absolute atomic E-state index is 12.7. The lowest BCUT2D eigenvalue weighted by atomic mass is 10.0. The van der Waals surface area contributed by atoms with Crippen LogP contribution in [0, 0.1) is 6.92 Å². The molecule has 1 atom stereocenters. The SMILES string of the molecule is COc1ccccc1C[C@@H](C)NC(=O)c1[nH]nc(-c2ccccc2)c1C. The third-order valence-electron chi connectivity index (χ3n) is 4.38. The molecule has 134 valence electrons. The van der Waals surface area contributed by atoms with E-state index >= 15 is 0 Å². The first-order chi connectivity index (χ1) is 12.6. The Morgan fingerprint density at radius 2 is 1.85 bits per heavy atom. The number of hydrogen-bond acceptors (Lipinski definition) is 3. The summed E-state index contributed by atoms with van der Waals surface area (Å²) in [7, 11) is 1.65. The summed E-state index contributed by atoms with van der Waals surface area (Å²) >= 11 is 0. The highest BCUT2D eigenvalue weighted by Gasteiger charge is 2.19. The van der Waals surface area contributed by atoms with E-state index in [1.807, 2.05) is 68.4 Å². The van der Waals surface area contributed by atoms with Gasteiger partial charge in [-0.15, -0.1) is 0 Å². The highest BCUT2D eigenvalue weighted by atomic mass is 16.5. The zero-order valence-corrected chi connectivity index (χ0v) is 15.2. The van der Waals surface area contributed by atoms with E-state index in [0.717, 1.165) is 28.1 Å². The fraction of sp³-hybridized carbons (Fsp3) is 0.238. The predicted octanol–water partition coefficient (Wildman–Crippen LogP) is 3.75. The molecule has 0 saturated heterocycles. The summed E-state index contributed by atoms with van der Waals surface area (Å²) in [5, 5.41) is 10.2. The van der Waals surface area contributed by atoms with E-state index in [0.29, 0.717) is 12.1 Å². The molecule has 0 radical (unpaired) electrons. The Balaban J connectivity index is 1.71. The van der Waals surface area contributed by atoms with Crippen molar-refractivity contribution in [3.8, 4) is 17.0 Å². The third kappa shape index (κ3) is 3.77. The van der Waals surface area contributed by atoms with Crippen LogP contribution in [0.2, 0.25) is 0 Å². The van der Waals surface area contributed by atoms with Gasteiger partial charge >= 0.3 is 0 Å². The Morgan fingerprint density at radius 3 is 2.58 bits per heavy atom. The molecule has 5 heteroatoms. The zero-order chi connectivity index (χ0) is 18.5. The van der Waals surface area contributed by atoms with Crippen molar-refractivity contribution >= 4 is 5.91 Å². The van der Waals surface area contributed by atoms with Crippen LogP contribution in [0.25, 0.3) is 11.3 Å². The van der Waals surface area contributed by atoms with Gasteiger partial charge < -0.3 is 10.1 Å². The average molecular weight is 349 g/mol. The third-order valence-corrected chi connectivity index (χ3v) is 4.38. The van der Waals surface area contributed by atoms with Crippen molar-refractivity contribution in [3.63, 3.8) is 0 Å². The van der Waals surface area contributed by atoms with Gasteiger partial charge in [0.25, 0.3) is 5.91 Å². The molecule has 0 aliphatic rings. The van der Waals surface area contributed by atoms with E-state index in [2.05, 4.69) is 15.5 Å². The molecule has 0 aliphatic carbocycles. The van der Waals surface area contributed by atoms with E-state index in [9.17, 15) is 4.79 Å². The standard InChI is InChI=1S/C21H23N3O2/c1-14(13-17-11-7-8-12-18(17)26-3)22-21(25)20-15(2)19(23-24-20)16-9-5-4-6-10-16/h4-12,14H,13H2,1-3H3,(H,22,25)(H,23,24)/t14-/m1/s1. The number of hydrogen-bond donors (Lipinski definition) is 2. The number of aromatic nitrogens is 2. The first-order valence-electron chi connectivity index (χ1n) is 8.63. The number of rotatable bonds is 6. The van der Waals surface area contributed by atoms with Gasteiger partial charge in [0, 0.05) is 17.2 Å². The molecule has 0 unspecified atom stereocenters. The first kappa shape index (κ1) is 17.7. The Morgan fingerprint density at radius 1 is 1.15 bits per heavy atom. The second-order valence-corrected chi connectivity index (χ2v) is 6.33. The summed E-state index contributed by atoms with van der Waals surface area (Å²) in [6.45, 7) is 3.89. The van der Waals surface area contributed by atoms with Crippen LogP contribution in [0.3, 0.4) is 0 Å². The minimum Gasteiger partial charge on any atom is -0.496 e. The number of nitrogens with one attached hydrogen (secondary N) is 2. The van der Waals surface area contributed by atoms with Crippen molar-refractivity contribution in [2.45, 2.75) is 26.3 Å². The van der Waals surface area contributed by atoms with Crippen LogP contribution in [0.15, 0.2) is 54.6 Å². The summed E-state index contributed by atoms with van der Waals surface area (Å²) in [4.78, 5) is 12.7. The zero-order valence-electron chi connectivity index (χ0n) is 15.2. The van der Waals surface area contributed by atoms with Crippen LogP contribution in [-0.4, -0.2) is 29.3 Å². The van der Waals surface area contributed by atoms with Crippen molar-refractivity contribution in [3.05, 3.63) is 71.4 Å². The molecule has 0 saturated carbocycles. The lowest BCUT2D eigenvalue weighted by molar-refractivity contribution is 0.0934. The number of aromatic amines is 1. The number of para-hydroxylation sites is 1. The molecule has 26 heavy (non-hydrogen) atoms. The minimum atomic E-state index is -0.153. The largest absolute Gasteiger partial charge is 0.496 e. The predicted molar refractivity (Wildman–Crippen MR) is 102 cm³/mol. The van der Waals surface area contributed by atoms with Crippen molar-refractivity contribution in [2.75, 3.05) is 7.11 Å². The van der Waals surface area contributed by atoms with Gasteiger partial charge in [0.1, 0.15) is 11.4 Å². The van der Waals surface area contributed by atoms with Gasteiger partial charge in [-0.2, -0.15) is 5.10 Å². The van der Waals surface area contributed by atoms with Gasteiger partial charge in [-0.05, 0) is 31.9 Å². The quantitative estimate of drug-likeness (QED) is 0.712. The Kier molecular flexibility index (Phi) is 5.37. The highest BCUT2D eigenvalue weighted by Crippen LogP contribution is 2.23. The maximum Gasteiger partial charge on any atom is 0.269 e. The van der Waals surface area contributed by atoms with Gasteiger partial charge in [0.15, 0.2) is 0 Å². The molecule has 2 N–H and O–H groups in total. The van der Waals surface area contributed by atoms with E-state index in [1.54, 1.807) is 7.11 Å². The Hall–Kier alpha value is -3.08. The van der Waals surface area contributed by atoms with E-state index in [4.69, 9.17) is 4.74 Å². The van der Waals surface area contributed by atoms with Crippen LogP contribution >= 0.6 is 0 Å². The van der Waals surface area contributed by atoms with E-state index < -0.39 is 0 Å². The monoisotopic (exact) mass is 349 g/mol. The Labute approximate surface area is 153 Å². The number of H-pyrrole nitrogens is 1. The molecule has 5 nitrogen and oxygen atoms in total. The Bertz CT molecular complexity index is 887. The van der Waals surface area contributed by atoms with Crippen LogP contribution < -0.4 is 10.1 Å². The fourth-order valence-electron chi connectivity index (χ4n) is 3.04. The first-order valence-corrected chi connectivity index (χ1v) is 8.63. The molecule has 0 bridgehead atoms. The van der Waals surface area contributed by atoms with Crippen molar-refractivity contribution in [1.82, 2.24) is 15.5 Å². The smallest absolute Gasteiger partial charge is 0.269 e. The molecule has 3 rings (SSSR count). The van der Waals surface area contributed by atoms with Gasteiger partial charge in [0.05, 0.1) is 12.8 Å². The number of carbonyl (C=O) groups excluding carboxylic acids is 1. The molecule has 0 spiro atoms. The molecule has 0 aliphatic heterocycles. The second kappa shape index (κ2) is 7.87. The summed E-state index contributed by atoms with van der Waals surface area (Å²) < 4.78 is 5.38. The topological polar surface area (TPSA) is 67.0 Å². The van der Waals surface area contributed by atoms with Crippen LogP contribution in [0.4, 0.5) is 0 Å². The van der Waals surface area contributed by atoms with E-state index in [-0.39, 0.29) is 11.9 Å². The fourth-order valence-corrected chi connectivity index (χ4v) is 3.04. The van der Waals surface area contributed by atoms with Gasteiger partial charge in [-0.3, -0.25) is 9.89 Å². The van der Waals surface area contributed by atoms with Gasteiger partial charge in [0.2, 0.25) is 0 Å². The van der Waals surface area contributed by atoms with Gasteiger partial charge in [-0.25, -0.2) is 0 Å². The minimum absolute atomic E-state index is 0.0401. The van der Waals surface area contributed by atoms with Crippen molar-refractivity contribution in [1.29, 1.82) is 0 Å². The maximum atomic E-state index is 12.7. The van der Waals surface area contributed by atoms with E-state index in [1.165, 1.54) is 0 Å². The van der Waals surface area contributed by atoms with Gasteiger partial charge in [-0.1, -0.05) is 48.5 Å². The molecule has 3 aromatic rings. The normalized spacial score (nSPS) is 11.8. The van der Waals surface area contributed by atoms with Crippen molar-refractivity contribution in [2.24, 2.45) is 0 Å². The molecule has 1 heterocycles. The van der Waals surface area contributed by atoms with Crippen LogP contribution in [0.5, 0.6) is 5.75 Å². The van der Waals surface area contributed by atoms with Crippen molar-refractivity contribution < 1.29 is 9.53 Å². The summed E-state index contributed by atoms with van der Waals surface area (Å²) in [5.74, 6) is 0.678. The van der Waals surface area contributed by atoms with Crippen LogP contribution in [-0.2, 0) is 6.42 Å². The second-order valence-electron chi connectivity index (χ2n) is 6.33.